The minimum Gasteiger partial charge on any atom is -0.477 e. The summed E-state index contributed by atoms with van der Waals surface area (Å²) in [5, 5.41) is 95.2. The quantitative estimate of drug-likeness (QED) is 0.0116. The van der Waals surface area contributed by atoms with Gasteiger partial charge in [-0.2, -0.15) is 0 Å². The van der Waals surface area contributed by atoms with Crippen LogP contribution in [-0.4, -0.2) is 238 Å². The maximum atomic E-state index is 15.6. The van der Waals surface area contributed by atoms with E-state index >= 15 is 9.59 Å². The van der Waals surface area contributed by atoms with Crippen LogP contribution < -0.4 is 10.6 Å². The molecule has 2 amide bonds. The molecule has 3 fully saturated rings. The monoisotopic (exact) mass is 2020 g/mol. The van der Waals surface area contributed by atoms with E-state index in [1.807, 2.05) is 0 Å². The summed E-state index contributed by atoms with van der Waals surface area (Å²) in [4.78, 5) is 145. The van der Waals surface area contributed by atoms with Crippen LogP contribution in [-0.2, 0) is 94.4 Å². The molecule has 138 heavy (non-hydrogen) atoms. The van der Waals surface area contributed by atoms with Gasteiger partial charge in [-0.25, -0.2) is 13.9 Å². The summed E-state index contributed by atoms with van der Waals surface area (Å²) in [6.07, 6.45) is 17.9. The predicted octanol–water partition coefficient (Wildman–Crippen LogP) is 18.3. The molecule has 0 saturated carbocycles. The van der Waals surface area contributed by atoms with Crippen molar-refractivity contribution in [1.29, 1.82) is 0 Å². The molecule has 0 aliphatic carbocycles. The summed E-state index contributed by atoms with van der Waals surface area (Å²) in [6.45, 7) is 9.15. The van der Waals surface area contributed by atoms with Gasteiger partial charge in [0, 0.05) is 19.3 Å². The number of hydrogen-bond donors (Lipinski definition) is 14. The third kappa shape index (κ3) is 59.6. The summed E-state index contributed by atoms with van der Waals surface area (Å²) in [5.41, 5.74) is 0. The Hall–Kier alpha value is -3.97. The third-order valence-electron chi connectivity index (χ3n) is 26.6. The van der Waals surface area contributed by atoms with Gasteiger partial charge in [-0.15, -0.1) is 0 Å². The number of aliphatic carboxylic acids is 1. The van der Waals surface area contributed by atoms with E-state index in [1.165, 1.54) is 19.3 Å². The Labute approximate surface area is 826 Å². The van der Waals surface area contributed by atoms with Gasteiger partial charge < -0.3 is 114 Å². The summed E-state index contributed by atoms with van der Waals surface area (Å²) < 4.78 is 93.6. The van der Waals surface area contributed by atoms with Crippen LogP contribution in [0.4, 0.5) is 0 Å². The van der Waals surface area contributed by atoms with Crippen LogP contribution in [0.15, 0.2) is 0 Å². The van der Waals surface area contributed by atoms with Gasteiger partial charge in [-0.05, 0) is 51.4 Å². The van der Waals surface area contributed by atoms with Crippen LogP contribution in [0.5, 0.6) is 0 Å². The third-order valence-corrected chi connectivity index (χ3v) is 27.6. The van der Waals surface area contributed by atoms with Gasteiger partial charge in [0.15, 0.2) is 24.8 Å². The van der Waals surface area contributed by atoms with E-state index in [-0.39, 0.29) is 38.5 Å². The molecule has 0 radical (unpaired) electrons. The topological polar surface area (TPSA) is 522 Å². The van der Waals surface area contributed by atoms with E-state index in [1.54, 1.807) is 0 Å². The number of hydrogen-bond acceptors (Lipinski definition) is 27. The number of nitrogens with one attached hydrogen (secondary N) is 2. The van der Waals surface area contributed by atoms with Crippen LogP contribution in [0.1, 0.15) is 472 Å². The lowest BCUT2D eigenvalue weighted by Gasteiger charge is -2.48. The van der Waals surface area contributed by atoms with Gasteiger partial charge in [0.1, 0.15) is 67.0 Å². The first-order valence-electron chi connectivity index (χ1n) is 54.3. The van der Waals surface area contributed by atoms with Gasteiger partial charge in [0.2, 0.25) is 11.8 Å². The van der Waals surface area contributed by atoms with E-state index in [0.29, 0.717) is 57.8 Å². The van der Waals surface area contributed by atoms with Crippen LogP contribution >= 0.6 is 15.6 Å². The number of carbonyl (C=O) groups excluding carboxylic acids is 6. The second-order valence-corrected chi connectivity index (χ2v) is 41.7. The minimum atomic E-state index is -6.04. The van der Waals surface area contributed by atoms with Gasteiger partial charge >= 0.3 is 45.5 Å². The molecule has 0 spiro atoms. The molecular weight excluding hydrogens is 1830 g/mol. The number of phosphoric ester groups is 2. The number of carboxylic acids is 1. The first kappa shape index (κ1) is 128. The normalized spacial score (nSPS) is 23.0. The fourth-order valence-electron chi connectivity index (χ4n) is 18.4. The van der Waals surface area contributed by atoms with Crippen LogP contribution in [0, 0.1) is 0 Å². The van der Waals surface area contributed by atoms with Crippen molar-refractivity contribution < 1.29 is 155 Å². The molecule has 36 heteroatoms. The molecule has 3 aliphatic rings. The van der Waals surface area contributed by atoms with Gasteiger partial charge in [0.25, 0.3) is 5.79 Å². The Bertz CT molecular complexity index is 3230. The lowest BCUT2D eigenvalue weighted by atomic mass is 9.92. The lowest BCUT2D eigenvalue weighted by molar-refractivity contribution is -0.340. The molecule has 3 heterocycles. The highest BCUT2D eigenvalue weighted by Gasteiger charge is 2.59. The van der Waals surface area contributed by atoms with E-state index in [4.69, 9.17) is 51.7 Å². The number of aliphatic hydroxyl groups excluding tert-OH is 7. The molecule has 810 valence electrons. The van der Waals surface area contributed by atoms with Gasteiger partial charge in [-0.3, -0.25) is 37.8 Å². The molecule has 0 bridgehead atoms. The Balaban J connectivity index is 2.43. The molecule has 3 saturated heterocycles. The second kappa shape index (κ2) is 78.4. The van der Waals surface area contributed by atoms with Crippen molar-refractivity contribution in [3.63, 3.8) is 0 Å². The molecule has 0 aromatic heterocycles. The summed E-state index contributed by atoms with van der Waals surface area (Å²) in [7, 11) is -11.9. The Morgan fingerprint density at radius 1 is 0.377 bits per heavy atom. The molecule has 0 aromatic carbocycles. The van der Waals surface area contributed by atoms with Crippen LogP contribution in [0.2, 0.25) is 0 Å². The van der Waals surface area contributed by atoms with E-state index in [2.05, 4.69) is 52.2 Å². The number of carboxylic acid groups (broad SMARTS) is 1. The number of ether oxygens (including phenoxy) is 9. The highest BCUT2D eigenvalue weighted by atomic mass is 31.2. The fraction of sp³-hybridized carbons (Fsp3) is 0.931. The Kier molecular flexibility index (Phi) is 72.8. The van der Waals surface area contributed by atoms with Gasteiger partial charge in [-0.1, -0.05) is 375 Å². The summed E-state index contributed by atoms with van der Waals surface area (Å²) >= 11 is 0. The molecule has 14 N–H and O–H groups in total. The van der Waals surface area contributed by atoms with E-state index in [9.17, 15) is 93.5 Å². The summed E-state index contributed by atoms with van der Waals surface area (Å²) in [6, 6.07) is -4.24. The predicted molar refractivity (Wildman–Crippen MR) is 524 cm³/mol. The zero-order valence-corrected chi connectivity index (χ0v) is 87.1. The number of amides is 2. The number of carbonyl (C=O) groups is 7. The Morgan fingerprint density at radius 2 is 0.710 bits per heavy atom. The smallest absolute Gasteiger partial charge is 0.472 e. The molecule has 0 unspecified atom stereocenters. The fourth-order valence-corrected chi connectivity index (χ4v) is 19.5. The van der Waals surface area contributed by atoms with Crippen LogP contribution in [0.25, 0.3) is 0 Å². The maximum absolute atomic E-state index is 15.6. The standard InChI is InChI=1S/C102H190N2O32P2/c1-7-13-19-25-31-37-38-44-50-56-62-68-88(113)129-80(66-60-54-48-42-35-29-23-17-11-5)72-90(115)133-98-92(104-86(111)71-79(65-59-53-47-41-34-28-22-16-10-4)128-87(112)67-61-55-49-43-36-30-24-18-12-6)99(131-84(96(98)135-137(120,121)122)76-127-102(101(118)119)73-81(108)93(116)95(134-102)82(109)74-105)126-75-83-94(117)97(132-89(114)70-78(107)64-58-52-46-40-33-27-21-15-9-3)91(100(130-83)136-138(123,124)125)103-85(110)69-77(106)63-57-51-45-39-32-26-20-14-8-2/h77-84,91-100,105-109,116-117H,7-76H2,1-6H3,(H,103,110)(H,104,111)(H,118,119)(H2,120,121,122)(H2,123,124,125)/t77-,78-,79-,80-,81-,82-,83-,84-,91-,92-,93-,94-,95-,96-,97-,98-,99-,100-,102-/m1/s1. The lowest BCUT2D eigenvalue weighted by Crippen LogP contribution is -2.68. The average molecular weight is 2020 g/mol. The molecule has 3 aliphatic heterocycles. The molecular formula is C102H190N2O32P2. The first-order valence-corrected chi connectivity index (χ1v) is 57.3. The number of esters is 4. The molecule has 0 aromatic rings. The highest BCUT2D eigenvalue weighted by molar-refractivity contribution is 7.46. The molecule has 3 rings (SSSR count). The van der Waals surface area contributed by atoms with Crippen molar-refractivity contribution >= 4 is 57.3 Å². The highest BCUT2D eigenvalue weighted by Crippen LogP contribution is 2.45. The molecule has 34 nitrogen and oxygen atoms in total. The largest absolute Gasteiger partial charge is 0.477 e. The number of phosphoric acid groups is 2. The average Bonchev–Trinajstić information content (AvgIpc) is 0.762. The zero-order valence-electron chi connectivity index (χ0n) is 85.3. The van der Waals surface area contributed by atoms with Crippen molar-refractivity contribution in [1.82, 2.24) is 10.6 Å². The summed E-state index contributed by atoms with van der Waals surface area (Å²) in [5.74, 6) is -10.9. The number of aliphatic hydroxyl groups is 7. The van der Waals surface area contributed by atoms with Crippen molar-refractivity contribution in [3.05, 3.63) is 0 Å². The number of rotatable bonds is 89. The molecule has 19 atom stereocenters. The Morgan fingerprint density at radius 3 is 1.09 bits per heavy atom. The van der Waals surface area contributed by atoms with Crippen molar-refractivity contribution in [3.8, 4) is 0 Å². The maximum Gasteiger partial charge on any atom is 0.472 e. The minimum absolute atomic E-state index is 0.00157. The van der Waals surface area contributed by atoms with E-state index < -0.39 is 225 Å². The van der Waals surface area contributed by atoms with Crippen molar-refractivity contribution in [2.75, 3.05) is 19.8 Å². The first-order chi connectivity index (χ1) is 66.3. The van der Waals surface area contributed by atoms with E-state index in [0.717, 1.165) is 283 Å². The zero-order chi connectivity index (χ0) is 102. The van der Waals surface area contributed by atoms with Crippen molar-refractivity contribution in [2.24, 2.45) is 0 Å². The SMILES string of the molecule is CCCCCCCCCCCCCC(=O)O[C@H](CCCCCCCCCCC)CC(=O)O[C@@H]1[C@@H](NC(=O)C[C@@H](CCCCCCCCCCC)OC(=O)CCCCCCCCCCC)[C@H](OC[C@H]2O[C@H](OP(=O)(O)O)[C@H](NC(=O)C[C@H](O)CCCCCCCCCCC)[C@@H](OC(=O)C[C@H](O)CCCCCCCCCCC)[C@@H]2O)O[C@H](CO[C@]2(C(=O)O)C[C@@H](O)[C@@H](O)[C@@H]([C@H](O)CO)O2)[C@H]1OP(=O)(O)O. The van der Waals surface area contributed by atoms with Gasteiger partial charge in [0.05, 0.1) is 63.8 Å². The number of unbranched alkanes of at least 4 members (excludes halogenated alkanes) is 50. The van der Waals surface area contributed by atoms with Crippen molar-refractivity contribution in [2.45, 2.75) is 588 Å². The van der Waals surface area contributed by atoms with Crippen LogP contribution in [0.3, 0.4) is 0 Å². The second-order valence-electron chi connectivity index (χ2n) is 39.3.